The third-order valence-electron chi connectivity index (χ3n) is 4.41. The van der Waals surface area contributed by atoms with Crippen molar-refractivity contribution in [2.75, 3.05) is 27.7 Å². The molecule has 22 heavy (non-hydrogen) atoms. The number of likely N-dealkylation sites (N-methyl/N-ethyl adjacent to an activating group) is 1. The highest BCUT2D eigenvalue weighted by Gasteiger charge is 2.31. The fraction of sp³-hybridized carbons (Fsp3) is 0.588. The molecule has 5 heteroatoms. The summed E-state index contributed by atoms with van der Waals surface area (Å²) in [4.78, 5) is 14.3. The highest BCUT2D eigenvalue weighted by Crippen LogP contribution is 2.28. The van der Waals surface area contributed by atoms with E-state index in [1.807, 2.05) is 38.4 Å². The number of carbonyl (C=O) groups excluding carboxylic acids is 1. The zero-order valence-electron chi connectivity index (χ0n) is 13.6. The number of nitrogens with one attached hydrogen (secondary N) is 1. The minimum absolute atomic E-state index is 0.0265. The van der Waals surface area contributed by atoms with Crippen LogP contribution in [0.3, 0.4) is 0 Å². The summed E-state index contributed by atoms with van der Waals surface area (Å²) in [5.74, 6) is 0.503. The van der Waals surface area contributed by atoms with Gasteiger partial charge in [0.25, 0.3) is 0 Å². The molecule has 0 bridgehead atoms. The van der Waals surface area contributed by atoms with Gasteiger partial charge in [-0.2, -0.15) is 0 Å². The van der Waals surface area contributed by atoms with Crippen LogP contribution in [0.4, 0.5) is 0 Å². The van der Waals surface area contributed by atoms with Crippen LogP contribution in [0.2, 0.25) is 0 Å². The van der Waals surface area contributed by atoms with E-state index in [0.717, 1.165) is 30.6 Å². The molecule has 0 heterocycles. The van der Waals surface area contributed by atoms with Gasteiger partial charge in [-0.25, -0.2) is 0 Å². The van der Waals surface area contributed by atoms with Gasteiger partial charge in [0.15, 0.2) is 0 Å². The molecule has 0 saturated heterocycles. The summed E-state index contributed by atoms with van der Waals surface area (Å²) >= 11 is 0. The van der Waals surface area contributed by atoms with Gasteiger partial charge in [0.1, 0.15) is 5.75 Å². The van der Waals surface area contributed by atoms with E-state index in [0.29, 0.717) is 6.54 Å². The average Bonchev–Trinajstić information content (AvgIpc) is 2.93. The highest BCUT2D eigenvalue weighted by molar-refractivity contribution is 5.79. The Kier molecular flexibility index (Phi) is 5.80. The predicted octanol–water partition coefficient (Wildman–Crippen LogP) is 1.58. The average molecular weight is 306 g/mol. The van der Waals surface area contributed by atoms with Crippen LogP contribution < -0.4 is 10.1 Å². The Labute approximate surface area is 132 Å². The molecular weight excluding hydrogens is 280 g/mol. The maximum atomic E-state index is 12.2. The lowest BCUT2D eigenvalue weighted by atomic mass is 10.0. The van der Waals surface area contributed by atoms with E-state index < -0.39 is 6.10 Å². The number of para-hydroxylation sites is 1. The molecule has 1 aromatic carbocycles. The van der Waals surface area contributed by atoms with E-state index >= 15 is 0 Å². The Bertz CT molecular complexity index is 504. The molecule has 0 aromatic heterocycles. The summed E-state index contributed by atoms with van der Waals surface area (Å²) < 4.78 is 5.42. The largest absolute Gasteiger partial charge is 0.496 e. The number of hydrogen-bond acceptors (Lipinski definition) is 4. The van der Waals surface area contributed by atoms with E-state index in [-0.39, 0.29) is 17.9 Å². The fourth-order valence-corrected chi connectivity index (χ4v) is 3.09. The van der Waals surface area contributed by atoms with Crippen LogP contribution in [0, 0.1) is 5.92 Å². The van der Waals surface area contributed by atoms with E-state index in [2.05, 4.69) is 10.2 Å². The molecule has 1 amide bonds. The summed E-state index contributed by atoms with van der Waals surface area (Å²) in [5.41, 5.74) is 1.04. The van der Waals surface area contributed by atoms with Crippen molar-refractivity contribution in [1.82, 2.24) is 10.2 Å². The Morgan fingerprint density at radius 3 is 2.73 bits per heavy atom. The lowest BCUT2D eigenvalue weighted by Gasteiger charge is -2.27. The summed E-state index contributed by atoms with van der Waals surface area (Å²) in [7, 11) is 5.61. The number of hydrogen-bond donors (Lipinski definition) is 2. The lowest BCUT2D eigenvalue weighted by molar-refractivity contribution is -0.127. The van der Waals surface area contributed by atoms with E-state index in [1.54, 1.807) is 7.11 Å². The van der Waals surface area contributed by atoms with Gasteiger partial charge in [-0.1, -0.05) is 18.2 Å². The number of nitrogens with zero attached hydrogens (tertiary/aromatic N) is 1. The summed E-state index contributed by atoms with van der Waals surface area (Å²) in [6.45, 7) is 0.495. The van der Waals surface area contributed by atoms with Crippen LogP contribution in [-0.2, 0) is 4.79 Å². The summed E-state index contributed by atoms with van der Waals surface area (Å²) in [6.07, 6.45) is 1.92. The van der Waals surface area contributed by atoms with Gasteiger partial charge >= 0.3 is 0 Å². The Hall–Kier alpha value is -1.59. The van der Waals surface area contributed by atoms with E-state index in [9.17, 15) is 9.90 Å². The molecule has 1 aromatic rings. The minimum Gasteiger partial charge on any atom is -0.496 e. The molecule has 1 aliphatic carbocycles. The number of benzene rings is 1. The molecule has 3 unspecified atom stereocenters. The number of ether oxygens (including phenoxy) is 1. The molecule has 122 valence electrons. The van der Waals surface area contributed by atoms with Crippen LogP contribution in [0.1, 0.15) is 30.9 Å². The molecule has 1 saturated carbocycles. The first kappa shape index (κ1) is 16.8. The monoisotopic (exact) mass is 306 g/mol. The normalized spacial score (nSPS) is 22.6. The van der Waals surface area contributed by atoms with Crippen LogP contribution in [-0.4, -0.2) is 49.8 Å². The topological polar surface area (TPSA) is 61.8 Å². The fourth-order valence-electron chi connectivity index (χ4n) is 3.09. The van der Waals surface area contributed by atoms with Gasteiger partial charge in [0.05, 0.1) is 25.2 Å². The van der Waals surface area contributed by atoms with Crippen molar-refractivity contribution in [3.8, 4) is 5.75 Å². The molecule has 3 atom stereocenters. The van der Waals surface area contributed by atoms with E-state index in [1.165, 1.54) is 0 Å². The second-order valence-electron chi connectivity index (χ2n) is 6.07. The van der Waals surface area contributed by atoms with Gasteiger partial charge < -0.3 is 20.1 Å². The van der Waals surface area contributed by atoms with Gasteiger partial charge in [-0.05, 0) is 39.4 Å². The molecule has 5 nitrogen and oxygen atoms in total. The summed E-state index contributed by atoms with van der Waals surface area (Å²) in [6, 6.07) is 7.87. The third-order valence-corrected chi connectivity index (χ3v) is 4.41. The van der Waals surface area contributed by atoms with Gasteiger partial charge in [0.2, 0.25) is 5.91 Å². The Balaban J connectivity index is 2.05. The number of amides is 1. The van der Waals surface area contributed by atoms with Crippen molar-refractivity contribution in [3.63, 3.8) is 0 Å². The zero-order chi connectivity index (χ0) is 16.1. The number of aliphatic hydroxyl groups is 1. The van der Waals surface area contributed by atoms with Crippen LogP contribution in [0.25, 0.3) is 0 Å². The molecule has 0 aliphatic heterocycles. The summed E-state index contributed by atoms with van der Waals surface area (Å²) in [5, 5.41) is 12.8. The Morgan fingerprint density at radius 2 is 2.14 bits per heavy atom. The van der Waals surface area contributed by atoms with Crippen molar-refractivity contribution in [2.45, 2.75) is 31.4 Å². The van der Waals surface area contributed by atoms with Crippen molar-refractivity contribution >= 4 is 5.91 Å². The van der Waals surface area contributed by atoms with Crippen molar-refractivity contribution < 1.29 is 14.6 Å². The predicted molar refractivity (Wildman–Crippen MR) is 85.8 cm³/mol. The zero-order valence-corrected chi connectivity index (χ0v) is 13.6. The number of methoxy groups -OCH3 is 1. The smallest absolute Gasteiger partial charge is 0.225 e. The molecule has 1 fully saturated rings. The quantitative estimate of drug-likeness (QED) is 0.837. The minimum atomic E-state index is -0.496. The molecule has 1 aliphatic rings. The van der Waals surface area contributed by atoms with Crippen molar-refractivity contribution in [1.29, 1.82) is 0 Å². The number of rotatable bonds is 6. The van der Waals surface area contributed by atoms with Crippen molar-refractivity contribution in [3.05, 3.63) is 29.8 Å². The number of carbonyl (C=O) groups is 1. The van der Waals surface area contributed by atoms with Crippen LogP contribution >= 0.6 is 0 Å². The van der Waals surface area contributed by atoms with Crippen LogP contribution in [0.15, 0.2) is 24.3 Å². The van der Waals surface area contributed by atoms with Gasteiger partial charge in [-0.3, -0.25) is 4.79 Å². The van der Waals surface area contributed by atoms with Gasteiger partial charge in [0, 0.05) is 12.1 Å². The maximum Gasteiger partial charge on any atom is 0.225 e. The second-order valence-corrected chi connectivity index (χ2v) is 6.07. The first-order valence-electron chi connectivity index (χ1n) is 7.79. The first-order valence-corrected chi connectivity index (χ1v) is 7.79. The lowest BCUT2D eigenvalue weighted by Crippen LogP contribution is -2.39. The van der Waals surface area contributed by atoms with E-state index in [4.69, 9.17) is 4.74 Å². The third kappa shape index (κ3) is 3.78. The first-order chi connectivity index (χ1) is 10.5. The van der Waals surface area contributed by atoms with Gasteiger partial charge in [-0.15, -0.1) is 0 Å². The standard InChI is InChI=1S/C17H26N2O3/c1-19(2)14(12-7-4-5-10-16(12)22-3)11-18-17(21)13-8-6-9-15(13)20/h4-5,7,10,13-15,20H,6,8-9,11H2,1-3H3,(H,18,21). The molecule has 2 rings (SSSR count). The number of aliphatic hydroxyl groups excluding tert-OH is 1. The molecule has 0 radical (unpaired) electrons. The maximum absolute atomic E-state index is 12.2. The molecule has 0 spiro atoms. The molecular formula is C17H26N2O3. The highest BCUT2D eigenvalue weighted by atomic mass is 16.5. The Morgan fingerprint density at radius 1 is 1.41 bits per heavy atom. The second kappa shape index (κ2) is 7.61. The van der Waals surface area contributed by atoms with Crippen molar-refractivity contribution in [2.24, 2.45) is 5.92 Å². The SMILES string of the molecule is COc1ccccc1C(CNC(=O)C1CCCC1O)N(C)C. The molecule has 2 N–H and O–H groups in total. The van der Waals surface area contributed by atoms with Crippen LogP contribution in [0.5, 0.6) is 5.75 Å².